The largest absolute Gasteiger partial charge is 0.389 e. The number of hydrogen-bond acceptors (Lipinski definition) is 3. The van der Waals surface area contributed by atoms with Crippen LogP contribution in [0.1, 0.15) is 32.6 Å². The Bertz CT molecular complexity index is 216. The fourth-order valence-electron chi connectivity index (χ4n) is 2.27. The van der Waals surface area contributed by atoms with E-state index in [2.05, 4.69) is 11.0 Å². The minimum Gasteiger partial charge on any atom is -0.389 e. The fourth-order valence-corrected chi connectivity index (χ4v) is 2.27. The molecule has 0 bridgehead atoms. The first kappa shape index (κ1) is 11.5. The highest BCUT2D eigenvalue weighted by Crippen LogP contribution is 2.29. The predicted octanol–water partition coefficient (Wildman–Crippen LogP) is 1.38. The van der Waals surface area contributed by atoms with Crippen molar-refractivity contribution < 1.29 is 5.11 Å². The van der Waals surface area contributed by atoms with Crippen LogP contribution in [-0.2, 0) is 0 Å². The van der Waals surface area contributed by atoms with Crippen LogP contribution < -0.4 is 0 Å². The molecule has 1 N–H and O–H groups in total. The lowest BCUT2D eigenvalue weighted by Gasteiger charge is -2.29. The third-order valence-corrected chi connectivity index (χ3v) is 2.90. The zero-order valence-corrected chi connectivity index (χ0v) is 9.16. The Kier molecular flexibility index (Phi) is 3.91. The summed E-state index contributed by atoms with van der Waals surface area (Å²) < 4.78 is 0. The van der Waals surface area contributed by atoms with Crippen molar-refractivity contribution in [2.75, 3.05) is 20.1 Å². The molecule has 3 nitrogen and oxygen atoms in total. The smallest absolute Gasteiger partial charge is 0.0774 e. The maximum Gasteiger partial charge on any atom is 0.0774 e. The summed E-state index contributed by atoms with van der Waals surface area (Å²) in [7, 11) is 1.98. The molecule has 0 aromatic heterocycles. The summed E-state index contributed by atoms with van der Waals surface area (Å²) >= 11 is 0. The molecule has 1 unspecified atom stereocenters. The van der Waals surface area contributed by atoms with E-state index in [4.69, 9.17) is 5.26 Å². The molecule has 0 aliphatic heterocycles. The van der Waals surface area contributed by atoms with E-state index in [1.165, 1.54) is 0 Å². The van der Waals surface area contributed by atoms with Crippen LogP contribution in [0, 0.1) is 17.2 Å². The van der Waals surface area contributed by atoms with E-state index in [1.54, 1.807) is 0 Å². The van der Waals surface area contributed by atoms with Crippen LogP contribution in [0.2, 0.25) is 0 Å². The van der Waals surface area contributed by atoms with Crippen molar-refractivity contribution in [2.45, 2.75) is 38.2 Å². The van der Waals surface area contributed by atoms with Gasteiger partial charge in [-0.15, -0.1) is 0 Å². The van der Waals surface area contributed by atoms with Crippen LogP contribution in [0.25, 0.3) is 0 Å². The van der Waals surface area contributed by atoms with E-state index >= 15 is 0 Å². The van der Waals surface area contributed by atoms with Gasteiger partial charge in [-0.3, -0.25) is 0 Å². The number of hydrogen-bond donors (Lipinski definition) is 1. The van der Waals surface area contributed by atoms with E-state index in [1.807, 2.05) is 14.0 Å². The number of likely N-dealkylation sites (N-methyl/N-ethyl adjacent to an activating group) is 1. The zero-order chi connectivity index (χ0) is 10.6. The summed E-state index contributed by atoms with van der Waals surface area (Å²) in [6.45, 7) is 3.37. The molecule has 0 heterocycles. The Labute approximate surface area is 86.3 Å². The third-order valence-electron chi connectivity index (χ3n) is 2.90. The van der Waals surface area contributed by atoms with Gasteiger partial charge in [0.15, 0.2) is 0 Å². The standard InChI is InChI=1S/C11H20N2O/c1-10(7-12)8-13(2)9-11(14)5-3-4-6-11/h10,14H,3-6,8-9H2,1-2H3. The maximum atomic E-state index is 10.1. The van der Waals surface area contributed by atoms with Crippen molar-refractivity contribution in [1.29, 1.82) is 5.26 Å². The highest BCUT2D eigenvalue weighted by Gasteiger charge is 2.32. The van der Waals surface area contributed by atoms with E-state index < -0.39 is 5.60 Å². The van der Waals surface area contributed by atoms with Gasteiger partial charge in [0.05, 0.1) is 17.6 Å². The molecule has 0 spiro atoms. The highest BCUT2D eigenvalue weighted by molar-refractivity contribution is 4.88. The van der Waals surface area contributed by atoms with Gasteiger partial charge in [-0.05, 0) is 26.8 Å². The first-order chi connectivity index (χ1) is 6.56. The number of aliphatic hydroxyl groups is 1. The van der Waals surface area contributed by atoms with E-state index in [0.717, 1.165) is 32.2 Å². The summed E-state index contributed by atoms with van der Waals surface area (Å²) in [5.74, 6) is 0.0463. The number of nitrogens with zero attached hydrogens (tertiary/aromatic N) is 2. The van der Waals surface area contributed by atoms with Crippen LogP contribution in [-0.4, -0.2) is 35.7 Å². The van der Waals surface area contributed by atoms with Crippen molar-refractivity contribution in [3.63, 3.8) is 0 Å². The van der Waals surface area contributed by atoms with Crippen LogP contribution in [0.3, 0.4) is 0 Å². The Hall–Kier alpha value is -0.590. The summed E-state index contributed by atoms with van der Waals surface area (Å²) in [6.07, 6.45) is 4.10. The van der Waals surface area contributed by atoms with Gasteiger partial charge in [-0.1, -0.05) is 12.8 Å². The molecule has 1 aliphatic carbocycles. The van der Waals surface area contributed by atoms with Crippen LogP contribution in [0.5, 0.6) is 0 Å². The van der Waals surface area contributed by atoms with Gasteiger partial charge >= 0.3 is 0 Å². The molecular weight excluding hydrogens is 176 g/mol. The molecule has 0 amide bonds. The second-order valence-corrected chi connectivity index (χ2v) is 4.66. The molecule has 80 valence electrons. The van der Waals surface area contributed by atoms with Gasteiger partial charge in [-0.2, -0.15) is 5.26 Å². The minimum absolute atomic E-state index is 0.0463. The summed E-state index contributed by atoms with van der Waals surface area (Å²) in [4.78, 5) is 2.07. The Balaban J connectivity index is 2.33. The Morgan fingerprint density at radius 1 is 1.50 bits per heavy atom. The van der Waals surface area contributed by atoms with Crippen LogP contribution in [0.4, 0.5) is 0 Å². The first-order valence-corrected chi connectivity index (χ1v) is 5.36. The van der Waals surface area contributed by atoms with E-state index in [-0.39, 0.29) is 5.92 Å². The number of nitriles is 1. The zero-order valence-electron chi connectivity index (χ0n) is 9.16. The molecule has 1 saturated carbocycles. The quantitative estimate of drug-likeness (QED) is 0.739. The number of rotatable bonds is 4. The molecule has 14 heavy (non-hydrogen) atoms. The highest BCUT2D eigenvalue weighted by atomic mass is 16.3. The second kappa shape index (κ2) is 4.77. The van der Waals surface area contributed by atoms with Gasteiger partial charge in [0, 0.05) is 13.1 Å². The minimum atomic E-state index is -0.482. The summed E-state index contributed by atoms with van der Waals surface area (Å²) in [6, 6.07) is 2.21. The second-order valence-electron chi connectivity index (χ2n) is 4.66. The molecule has 1 rings (SSSR count). The SMILES string of the molecule is CC(C#N)CN(C)CC1(O)CCCC1. The van der Waals surface area contributed by atoms with E-state index in [0.29, 0.717) is 6.54 Å². The van der Waals surface area contributed by atoms with Crippen LogP contribution in [0.15, 0.2) is 0 Å². The molecule has 0 aromatic carbocycles. The normalized spacial score (nSPS) is 22.2. The first-order valence-electron chi connectivity index (χ1n) is 5.36. The summed E-state index contributed by atoms with van der Waals surface area (Å²) in [5.41, 5.74) is -0.482. The van der Waals surface area contributed by atoms with Gasteiger partial charge in [0.2, 0.25) is 0 Å². The molecule has 3 heteroatoms. The molecule has 1 atom stereocenters. The molecule has 1 aliphatic rings. The van der Waals surface area contributed by atoms with Gasteiger partial charge in [0.25, 0.3) is 0 Å². The van der Waals surface area contributed by atoms with Gasteiger partial charge in [-0.25, -0.2) is 0 Å². The van der Waals surface area contributed by atoms with Gasteiger partial charge < -0.3 is 10.0 Å². The van der Waals surface area contributed by atoms with Crippen LogP contribution >= 0.6 is 0 Å². The van der Waals surface area contributed by atoms with Crippen molar-refractivity contribution >= 4 is 0 Å². The maximum absolute atomic E-state index is 10.1. The van der Waals surface area contributed by atoms with Crippen molar-refractivity contribution in [1.82, 2.24) is 4.90 Å². The lowest BCUT2D eigenvalue weighted by Crippen LogP contribution is -2.40. The average Bonchev–Trinajstić information content (AvgIpc) is 2.51. The lowest BCUT2D eigenvalue weighted by molar-refractivity contribution is 0.0149. The molecule has 0 saturated heterocycles. The third kappa shape index (κ3) is 3.28. The van der Waals surface area contributed by atoms with Crippen molar-refractivity contribution in [3.8, 4) is 6.07 Å². The van der Waals surface area contributed by atoms with Gasteiger partial charge in [0.1, 0.15) is 0 Å². The average molecular weight is 196 g/mol. The molecule has 0 radical (unpaired) electrons. The monoisotopic (exact) mass is 196 g/mol. The molecule has 0 aromatic rings. The Morgan fingerprint density at radius 2 is 2.07 bits per heavy atom. The predicted molar refractivity (Wildman–Crippen MR) is 55.7 cm³/mol. The van der Waals surface area contributed by atoms with Crippen molar-refractivity contribution in [3.05, 3.63) is 0 Å². The topological polar surface area (TPSA) is 47.3 Å². The van der Waals surface area contributed by atoms with E-state index in [9.17, 15) is 5.11 Å². The lowest BCUT2D eigenvalue weighted by atomic mass is 10.0. The fraction of sp³-hybridized carbons (Fsp3) is 0.909. The van der Waals surface area contributed by atoms with Crippen molar-refractivity contribution in [2.24, 2.45) is 5.92 Å². The molecular formula is C11H20N2O. The summed E-state index contributed by atoms with van der Waals surface area (Å²) in [5, 5.41) is 18.8. The molecule has 1 fully saturated rings. The Morgan fingerprint density at radius 3 is 2.57 bits per heavy atom.